The second-order valence-electron chi connectivity index (χ2n) is 14.8. The number of aryl methyl sites for hydroxylation is 1. The van der Waals surface area contributed by atoms with Gasteiger partial charge in [-0.15, -0.1) is 0 Å². The minimum atomic E-state index is -0.684. The van der Waals surface area contributed by atoms with E-state index in [1.165, 1.54) is 5.56 Å². The lowest BCUT2D eigenvalue weighted by Crippen LogP contribution is -2.58. The molecule has 0 spiro atoms. The van der Waals surface area contributed by atoms with Crippen LogP contribution in [0.15, 0.2) is 35.9 Å². The highest BCUT2D eigenvalue weighted by Crippen LogP contribution is 2.34. The third kappa shape index (κ3) is 8.64. The zero-order chi connectivity index (χ0) is 34.4. The van der Waals surface area contributed by atoms with Gasteiger partial charge in [-0.2, -0.15) is 0 Å². The number of amides is 3. The Morgan fingerprint density at radius 2 is 1.60 bits per heavy atom. The lowest BCUT2D eigenvalue weighted by atomic mass is 9.89. The van der Waals surface area contributed by atoms with Crippen LogP contribution in [0.5, 0.6) is 0 Å². The van der Waals surface area contributed by atoms with Crippen molar-refractivity contribution in [3.8, 4) is 0 Å². The fourth-order valence-electron chi connectivity index (χ4n) is 7.59. The molecule has 1 aromatic rings. The number of piperidine rings is 1. The van der Waals surface area contributed by atoms with Gasteiger partial charge in [-0.3, -0.25) is 19.3 Å². The van der Waals surface area contributed by atoms with Crippen molar-refractivity contribution in [2.75, 3.05) is 20.1 Å². The molecule has 2 fully saturated rings. The van der Waals surface area contributed by atoms with Crippen molar-refractivity contribution in [1.82, 2.24) is 20.0 Å². The molecule has 2 aliphatic heterocycles. The van der Waals surface area contributed by atoms with Gasteiger partial charge in [0.25, 0.3) is 0 Å². The Balaban J connectivity index is 1.45. The molecular formula is C38H58N4O5. The van der Waals surface area contributed by atoms with Gasteiger partial charge < -0.3 is 19.9 Å². The number of benzene rings is 1. The number of hydrogen-bond acceptors (Lipinski definition) is 6. The maximum atomic E-state index is 14.0. The van der Waals surface area contributed by atoms with Crippen LogP contribution in [0.3, 0.4) is 0 Å². The van der Waals surface area contributed by atoms with Crippen LogP contribution in [0.4, 0.5) is 0 Å². The predicted molar refractivity (Wildman–Crippen MR) is 184 cm³/mol. The number of likely N-dealkylation sites (N-methyl/N-ethyl adjacent to an activating group) is 1. The molecule has 2 heterocycles. The predicted octanol–water partition coefficient (Wildman–Crippen LogP) is 5.43. The highest BCUT2D eigenvalue weighted by molar-refractivity contribution is 5.96. The molecule has 4 rings (SSSR count). The fourth-order valence-corrected chi connectivity index (χ4v) is 7.59. The number of esters is 1. The number of fused-ring (bicyclic) bond motifs is 1. The summed E-state index contributed by atoms with van der Waals surface area (Å²) in [4.78, 5) is 60.4. The third-order valence-electron chi connectivity index (χ3n) is 10.3. The number of ether oxygens (including phenoxy) is 1. The van der Waals surface area contributed by atoms with E-state index < -0.39 is 12.1 Å². The first kappa shape index (κ1) is 36.6. The molecule has 0 bridgehead atoms. The second-order valence-corrected chi connectivity index (χ2v) is 14.8. The average molecular weight is 651 g/mol. The van der Waals surface area contributed by atoms with Gasteiger partial charge in [0, 0.05) is 25.2 Å². The Morgan fingerprint density at radius 1 is 0.894 bits per heavy atom. The first-order valence-corrected chi connectivity index (χ1v) is 17.9. The van der Waals surface area contributed by atoms with E-state index in [-0.39, 0.29) is 59.8 Å². The van der Waals surface area contributed by atoms with Crippen LogP contribution in [-0.2, 0) is 30.3 Å². The Hall–Kier alpha value is -3.20. The smallest absolute Gasteiger partial charge is 0.329 e. The van der Waals surface area contributed by atoms with Gasteiger partial charge in [-0.05, 0) is 95.2 Å². The molecule has 47 heavy (non-hydrogen) atoms. The van der Waals surface area contributed by atoms with Crippen molar-refractivity contribution in [3.05, 3.63) is 47.0 Å². The van der Waals surface area contributed by atoms with Crippen molar-refractivity contribution in [1.29, 1.82) is 0 Å². The van der Waals surface area contributed by atoms with Crippen molar-refractivity contribution in [3.63, 3.8) is 0 Å². The van der Waals surface area contributed by atoms with E-state index in [4.69, 9.17) is 4.74 Å². The highest BCUT2D eigenvalue weighted by atomic mass is 16.5. The molecule has 1 aliphatic carbocycles. The van der Waals surface area contributed by atoms with E-state index in [1.807, 2.05) is 52.0 Å². The molecule has 9 nitrogen and oxygen atoms in total. The van der Waals surface area contributed by atoms with Crippen LogP contribution >= 0.6 is 0 Å². The Labute approximate surface area is 282 Å². The fraction of sp³-hybridized carbons (Fsp3) is 0.684. The number of nitrogens with one attached hydrogen (secondary N) is 1. The molecule has 9 heteroatoms. The zero-order valence-electron chi connectivity index (χ0n) is 30.0. The zero-order valence-corrected chi connectivity index (χ0v) is 30.0. The third-order valence-corrected chi connectivity index (χ3v) is 10.3. The molecule has 5 atom stereocenters. The van der Waals surface area contributed by atoms with Crippen LogP contribution in [0, 0.1) is 11.8 Å². The van der Waals surface area contributed by atoms with Gasteiger partial charge in [0.2, 0.25) is 17.7 Å². The van der Waals surface area contributed by atoms with Crippen molar-refractivity contribution >= 4 is 23.7 Å². The van der Waals surface area contributed by atoms with Crippen LogP contribution < -0.4 is 5.32 Å². The quantitative estimate of drug-likeness (QED) is 0.253. The summed E-state index contributed by atoms with van der Waals surface area (Å²) in [6, 6.07) is 6.45. The standard InChI is InChI=1S/C38H58N4O5/c1-24(2)32(40(8)37(45)34(25(3)4)39-35(43)30-18-11-12-21-41(30)26(5)6)23-27(7)36(44)42-22-14-19-31(42)38(46)47-33-20-13-16-28-15-9-10-17-29(28)33/h9-10,15,17,23-26,30-34H,11-14,16,18-22H2,1-8H3,(H,39,43)/b27-23+/t30?,31-,32+,33?,34-/m0/s1. The van der Waals surface area contributed by atoms with Crippen LogP contribution in [-0.4, -0.2) is 88.7 Å². The molecule has 2 unspecified atom stereocenters. The van der Waals surface area contributed by atoms with E-state index >= 15 is 0 Å². The van der Waals surface area contributed by atoms with E-state index in [2.05, 4.69) is 30.1 Å². The molecule has 0 aromatic heterocycles. The summed E-state index contributed by atoms with van der Waals surface area (Å²) in [5.74, 6) is -0.925. The number of nitrogens with zero attached hydrogens (tertiary/aromatic N) is 3. The maximum Gasteiger partial charge on any atom is 0.329 e. The second kappa shape index (κ2) is 16.3. The topological polar surface area (TPSA) is 99.3 Å². The SMILES string of the molecule is C/C(=C\[C@H](C(C)C)N(C)C(=O)[C@@H](NC(=O)C1CCCCN1C(C)C)C(C)C)C(=O)N1CCC[C@H]1C(=O)OC1CCCc2ccccc21. The lowest BCUT2D eigenvalue weighted by molar-refractivity contribution is -0.158. The number of hydrogen-bond donors (Lipinski definition) is 1. The summed E-state index contributed by atoms with van der Waals surface area (Å²) >= 11 is 0. The maximum absolute atomic E-state index is 14.0. The average Bonchev–Trinajstić information content (AvgIpc) is 3.55. The highest BCUT2D eigenvalue weighted by Gasteiger charge is 2.39. The van der Waals surface area contributed by atoms with Crippen molar-refractivity contribution in [2.45, 2.75) is 136 Å². The number of carbonyl (C=O) groups is 4. The molecule has 2 saturated heterocycles. The molecule has 3 aliphatic rings. The lowest BCUT2D eigenvalue weighted by Gasteiger charge is -2.39. The van der Waals surface area contributed by atoms with Gasteiger partial charge >= 0.3 is 5.97 Å². The number of rotatable bonds is 11. The summed E-state index contributed by atoms with van der Waals surface area (Å²) < 4.78 is 6.05. The summed E-state index contributed by atoms with van der Waals surface area (Å²) in [5, 5.41) is 3.11. The molecular weight excluding hydrogens is 592 g/mol. The molecule has 3 amide bonds. The van der Waals surface area contributed by atoms with Crippen LogP contribution in [0.1, 0.15) is 111 Å². The van der Waals surface area contributed by atoms with Crippen molar-refractivity contribution < 1.29 is 23.9 Å². The summed E-state index contributed by atoms with van der Waals surface area (Å²) in [6.07, 6.45) is 8.47. The molecule has 1 aromatic carbocycles. The van der Waals surface area contributed by atoms with Crippen LogP contribution in [0.25, 0.3) is 0 Å². The minimum absolute atomic E-state index is 0.00991. The van der Waals surface area contributed by atoms with Gasteiger partial charge in [-0.1, -0.05) is 64.5 Å². The van der Waals surface area contributed by atoms with Crippen molar-refractivity contribution in [2.24, 2.45) is 11.8 Å². The van der Waals surface area contributed by atoms with Gasteiger partial charge in [0.1, 0.15) is 18.2 Å². The summed E-state index contributed by atoms with van der Waals surface area (Å²) in [6.45, 7) is 15.3. The first-order chi connectivity index (χ1) is 22.3. The molecule has 0 radical (unpaired) electrons. The van der Waals surface area contributed by atoms with Gasteiger partial charge in [-0.25, -0.2) is 4.79 Å². The monoisotopic (exact) mass is 650 g/mol. The summed E-state index contributed by atoms with van der Waals surface area (Å²) in [5.41, 5.74) is 2.78. The Kier molecular flexibility index (Phi) is 12.7. The largest absolute Gasteiger partial charge is 0.456 e. The Morgan fingerprint density at radius 3 is 2.28 bits per heavy atom. The summed E-state index contributed by atoms with van der Waals surface area (Å²) in [7, 11) is 1.75. The molecule has 260 valence electrons. The molecule has 1 N–H and O–H groups in total. The first-order valence-electron chi connectivity index (χ1n) is 17.9. The Bertz CT molecular complexity index is 1310. The minimum Gasteiger partial charge on any atom is -0.456 e. The van der Waals surface area contributed by atoms with Crippen LogP contribution in [0.2, 0.25) is 0 Å². The normalized spacial score (nSPS) is 23.4. The van der Waals surface area contributed by atoms with E-state index in [0.717, 1.165) is 57.1 Å². The van der Waals surface area contributed by atoms with Gasteiger partial charge in [0.05, 0.1) is 12.1 Å². The van der Waals surface area contributed by atoms with E-state index in [9.17, 15) is 19.2 Å². The molecule has 0 saturated carbocycles. The van der Waals surface area contributed by atoms with Gasteiger partial charge in [0.15, 0.2) is 0 Å². The number of carbonyl (C=O) groups excluding carboxylic acids is 4. The van der Waals surface area contributed by atoms with E-state index in [1.54, 1.807) is 23.8 Å². The van der Waals surface area contributed by atoms with E-state index in [0.29, 0.717) is 18.5 Å². The number of likely N-dealkylation sites (tertiary alicyclic amines) is 2.